The van der Waals surface area contributed by atoms with E-state index in [1.807, 2.05) is 31.2 Å². The molecule has 0 bridgehead atoms. The molecule has 3 amide bonds. The van der Waals surface area contributed by atoms with Crippen molar-refractivity contribution < 1.29 is 14.4 Å². The summed E-state index contributed by atoms with van der Waals surface area (Å²) in [5.41, 5.74) is 3.52. The van der Waals surface area contributed by atoms with Crippen LogP contribution in [0.5, 0.6) is 0 Å². The van der Waals surface area contributed by atoms with E-state index in [2.05, 4.69) is 5.32 Å². The maximum absolute atomic E-state index is 12.6. The molecule has 0 aliphatic carbocycles. The van der Waals surface area contributed by atoms with E-state index in [1.54, 1.807) is 30.3 Å². The number of carbonyl (C=O) groups excluding carboxylic acids is 3. The molecule has 1 heterocycles. The average molecular weight is 366 g/mol. The highest BCUT2D eigenvalue weighted by Gasteiger charge is 2.34. The lowest BCUT2D eigenvalue weighted by atomic mass is 10.1. The van der Waals surface area contributed by atoms with Crippen LogP contribution in [0.15, 0.2) is 53.4 Å². The smallest absolute Gasteiger partial charge is 0.293 e. The number of hydrogen-bond donors (Lipinski definition) is 1. The number of hydrogen-bond acceptors (Lipinski definition) is 4. The second-order valence-corrected chi connectivity index (χ2v) is 7.05. The van der Waals surface area contributed by atoms with Gasteiger partial charge in [-0.25, -0.2) is 0 Å². The Morgan fingerprint density at radius 3 is 2.35 bits per heavy atom. The third kappa shape index (κ3) is 4.21. The minimum Gasteiger partial charge on any atom is -0.326 e. The van der Waals surface area contributed by atoms with Crippen LogP contribution in [0, 0.1) is 6.92 Å². The van der Waals surface area contributed by atoms with E-state index >= 15 is 0 Å². The molecule has 0 atom stereocenters. The van der Waals surface area contributed by atoms with Gasteiger partial charge >= 0.3 is 0 Å². The van der Waals surface area contributed by atoms with E-state index in [9.17, 15) is 14.4 Å². The number of imide groups is 1. The summed E-state index contributed by atoms with van der Waals surface area (Å²) >= 11 is 0.943. The minimum atomic E-state index is -0.286. The van der Waals surface area contributed by atoms with Gasteiger partial charge in [0.05, 0.1) is 11.4 Å². The largest absolute Gasteiger partial charge is 0.326 e. The zero-order valence-electron chi connectivity index (χ0n) is 14.5. The molecule has 1 aliphatic rings. The molecule has 132 valence electrons. The number of nitrogens with zero attached hydrogens (tertiary/aromatic N) is 1. The topological polar surface area (TPSA) is 66.5 Å². The predicted molar refractivity (Wildman–Crippen MR) is 103 cm³/mol. The molecule has 2 aromatic rings. The molecule has 1 aliphatic heterocycles. The van der Waals surface area contributed by atoms with Crippen LogP contribution in [0.4, 0.5) is 10.5 Å². The zero-order chi connectivity index (χ0) is 18.7. The van der Waals surface area contributed by atoms with Gasteiger partial charge in [0.1, 0.15) is 0 Å². The number of aryl methyl sites for hydroxylation is 1. The first-order valence-corrected chi connectivity index (χ1v) is 8.92. The second kappa shape index (κ2) is 7.58. The summed E-state index contributed by atoms with van der Waals surface area (Å²) in [4.78, 5) is 37.5. The van der Waals surface area contributed by atoms with E-state index in [0.717, 1.165) is 28.5 Å². The Morgan fingerprint density at radius 1 is 1.08 bits per heavy atom. The standard InChI is InChI=1S/C20H18N2O3S/c1-13-3-5-16(6-4-13)12-22-19(24)18(26-20(22)25)11-15-7-9-17(10-8-15)21-14(2)23/h3-11H,12H2,1-2H3,(H,21,23). The van der Waals surface area contributed by atoms with Crippen molar-refractivity contribution in [2.75, 3.05) is 5.32 Å². The molecule has 0 spiro atoms. The molecule has 0 saturated carbocycles. The minimum absolute atomic E-state index is 0.144. The molecule has 26 heavy (non-hydrogen) atoms. The first-order chi connectivity index (χ1) is 12.4. The summed E-state index contributed by atoms with van der Waals surface area (Å²) in [7, 11) is 0. The van der Waals surface area contributed by atoms with E-state index in [4.69, 9.17) is 0 Å². The lowest BCUT2D eigenvalue weighted by molar-refractivity contribution is -0.123. The highest BCUT2D eigenvalue weighted by molar-refractivity contribution is 8.18. The Hall–Kier alpha value is -2.86. The van der Waals surface area contributed by atoms with Gasteiger partial charge in [-0.1, -0.05) is 42.0 Å². The van der Waals surface area contributed by atoms with Gasteiger partial charge < -0.3 is 5.32 Å². The van der Waals surface area contributed by atoms with Gasteiger partial charge in [-0.3, -0.25) is 19.3 Å². The fourth-order valence-corrected chi connectivity index (χ4v) is 3.37. The van der Waals surface area contributed by atoms with Crippen LogP contribution in [-0.2, 0) is 16.1 Å². The molecule has 5 nitrogen and oxygen atoms in total. The second-order valence-electron chi connectivity index (χ2n) is 6.06. The Bertz CT molecular complexity index is 886. The average Bonchev–Trinajstić information content (AvgIpc) is 2.85. The summed E-state index contributed by atoms with van der Waals surface area (Å²) in [5.74, 6) is -0.429. The molecule has 1 N–H and O–H groups in total. The van der Waals surface area contributed by atoms with Crippen molar-refractivity contribution in [2.45, 2.75) is 20.4 Å². The van der Waals surface area contributed by atoms with Crippen LogP contribution in [-0.4, -0.2) is 22.0 Å². The van der Waals surface area contributed by atoms with Crippen molar-refractivity contribution in [2.24, 2.45) is 0 Å². The molecular weight excluding hydrogens is 348 g/mol. The zero-order valence-corrected chi connectivity index (χ0v) is 15.3. The van der Waals surface area contributed by atoms with Crippen LogP contribution in [0.1, 0.15) is 23.6 Å². The lowest BCUT2D eigenvalue weighted by Gasteiger charge is -2.12. The number of amides is 3. The van der Waals surface area contributed by atoms with E-state index in [0.29, 0.717) is 10.6 Å². The predicted octanol–water partition coefficient (Wildman–Crippen LogP) is 4.19. The monoisotopic (exact) mass is 366 g/mol. The number of anilines is 1. The fraction of sp³-hybridized carbons (Fsp3) is 0.150. The number of carbonyl (C=O) groups is 3. The summed E-state index contributed by atoms with van der Waals surface area (Å²) in [6.45, 7) is 3.70. The van der Waals surface area contributed by atoms with Crippen molar-refractivity contribution >= 4 is 40.6 Å². The normalized spacial score (nSPS) is 15.6. The third-order valence-electron chi connectivity index (χ3n) is 3.86. The molecule has 6 heteroatoms. The summed E-state index contributed by atoms with van der Waals surface area (Å²) in [5, 5.41) is 2.42. The Labute approximate surface area is 156 Å². The van der Waals surface area contributed by atoms with Crippen LogP contribution < -0.4 is 5.32 Å². The van der Waals surface area contributed by atoms with Gasteiger partial charge in [-0.05, 0) is 48.0 Å². The van der Waals surface area contributed by atoms with Gasteiger partial charge in [0, 0.05) is 12.6 Å². The Morgan fingerprint density at radius 2 is 1.73 bits per heavy atom. The fourth-order valence-electron chi connectivity index (χ4n) is 2.53. The number of rotatable bonds is 4. The van der Waals surface area contributed by atoms with Gasteiger partial charge in [0.15, 0.2) is 0 Å². The van der Waals surface area contributed by atoms with Crippen LogP contribution in [0.2, 0.25) is 0 Å². The molecule has 2 aromatic carbocycles. The number of nitrogens with one attached hydrogen (secondary N) is 1. The number of thioether (sulfide) groups is 1. The van der Waals surface area contributed by atoms with Crippen molar-refractivity contribution in [1.82, 2.24) is 4.90 Å². The molecule has 0 unspecified atom stereocenters. The van der Waals surface area contributed by atoms with Gasteiger partial charge in [0.2, 0.25) is 5.91 Å². The van der Waals surface area contributed by atoms with Crippen LogP contribution in [0.25, 0.3) is 6.08 Å². The highest BCUT2D eigenvalue weighted by atomic mass is 32.2. The number of benzene rings is 2. The maximum atomic E-state index is 12.6. The Kier molecular flexibility index (Phi) is 5.23. The lowest BCUT2D eigenvalue weighted by Crippen LogP contribution is -2.27. The summed E-state index contributed by atoms with van der Waals surface area (Å²) in [6.07, 6.45) is 1.69. The van der Waals surface area contributed by atoms with Gasteiger partial charge in [0.25, 0.3) is 11.1 Å². The van der Waals surface area contributed by atoms with E-state index in [1.165, 1.54) is 11.8 Å². The molecule has 3 rings (SSSR count). The van der Waals surface area contributed by atoms with Crippen molar-refractivity contribution in [1.29, 1.82) is 0 Å². The van der Waals surface area contributed by atoms with Crippen molar-refractivity contribution in [3.05, 3.63) is 70.1 Å². The molecule has 1 fully saturated rings. The first-order valence-electron chi connectivity index (χ1n) is 8.11. The summed E-state index contributed by atoms with van der Waals surface area (Å²) < 4.78 is 0. The van der Waals surface area contributed by atoms with E-state index in [-0.39, 0.29) is 23.6 Å². The van der Waals surface area contributed by atoms with Crippen molar-refractivity contribution in [3.8, 4) is 0 Å². The maximum Gasteiger partial charge on any atom is 0.293 e. The van der Waals surface area contributed by atoms with Crippen LogP contribution >= 0.6 is 11.8 Å². The van der Waals surface area contributed by atoms with Gasteiger partial charge in [-0.15, -0.1) is 0 Å². The highest BCUT2D eigenvalue weighted by Crippen LogP contribution is 2.33. The summed E-state index contributed by atoms with van der Waals surface area (Å²) in [6, 6.07) is 14.8. The quantitative estimate of drug-likeness (QED) is 0.824. The van der Waals surface area contributed by atoms with E-state index < -0.39 is 0 Å². The first kappa shape index (κ1) is 17.9. The molecule has 1 saturated heterocycles. The molecular formula is C20H18N2O3S. The Balaban J connectivity index is 1.74. The molecule has 0 aromatic heterocycles. The SMILES string of the molecule is CC(=O)Nc1ccc(C=C2SC(=O)N(Cc3ccc(C)cc3)C2=O)cc1. The van der Waals surface area contributed by atoms with Crippen molar-refractivity contribution in [3.63, 3.8) is 0 Å². The molecule has 0 radical (unpaired) electrons. The van der Waals surface area contributed by atoms with Gasteiger partial charge in [-0.2, -0.15) is 0 Å². The van der Waals surface area contributed by atoms with Crippen LogP contribution in [0.3, 0.4) is 0 Å². The third-order valence-corrected chi connectivity index (χ3v) is 4.77.